The number of esters is 1. The highest BCUT2D eigenvalue weighted by Crippen LogP contribution is 2.26. The van der Waals surface area contributed by atoms with Gasteiger partial charge in [-0.2, -0.15) is 20.5 Å². The molecule has 0 fully saturated rings. The number of hydrogen-bond acceptors (Lipinski definition) is 6. The summed E-state index contributed by atoms with van der Waals surface area (Å²) in [6.07, 6.45) is 1.12. The zero-order valence-electron chi connectivity index (χ0n) is 15.3. The molecule has 0 amide bonds. The van der Waals surface area contributed by atoms with Crippen LogP contribution in [0.15, 0.2) is 106 Å². The fourth-order valence-electron chi connectivity index (χ4n) is 2.27. The summed E-state index contributed by atoms with van der Waals surface area (Å²) >= 11 is 0. The van der Waals surface area contributed by atoms with Gasteiger partial charge in [-0.1, -0.05) is 24.8 Å². The van der Waals surface area contributed by atoms with Gasteiger partial charge in [0.1, 0.15) is 5.75 Å². The second kappa shape index (κ2) is 9.14. The van der Waals surface area contributed by atoms with Crippen molar-refractivity contribution in [2.45, 2.75) is 6.92 Å². The highest BCUT2D eigenvalue weighted by Gasteiger charge is 2.04. The monoisotopic (exact) mass is 370 g/mol. The quantitative estimate of drug-likeness (QED) is 0.204. The summed E-state index contributed by atoms with van der Waals surface area (Å²) in [6.45, 7) is 5.21. The summed E-state index contributed by atoms with van der Waals surface area (Å²) in [5.41, 5.74) is 3.65. The van der Waals surface area contributed by atoms with E-state index < -0.39 is 5.97 Å². The molecule has 0 aliphatic heterocycles. The Bertz CT molecular complexity index is 1030. The van der Waals surface area contributed by atoms with Crippen molar-refractivity contribution in [2.24, 2.45) is 20.5 Å². The summed E-state index contributed by atoms with van der Waals surface area (Å²) in [5, 5.41) is 16.8. The first-order valence-corrected chi connectivity index (χ1v) is 8.57. The van der Waals surface area contributed by atoms with Crippen LogP contribution < -0.4 is 4.74 Å². The van der Waals surface area contributed by atoms with Gasteiger partial charge in [0.25, 0.3) is 0 Å². The van der Waals surface area contributed by atoms with E-state index in [9.17, 15) is 4.79 Å². The molecule has 0 unspecified atom stereocenters. The molecular weight excluding hydrogens is 352 g/mol. The largest absolute Gasteiger partial charge is 0.423 e. The number of aryl methyl sites for hydroxylation is 1. The summed E-state index contributed by atoms with van der Waals surface area (Å²) < 4.78 is 5.13. The number of benzene rings is 3. The average molecular weight is 370 g/mol. The van der Waals surface area contributed by atoms with Gasteiger partial charge >= 0.3 is 5.97 Å². The molecule has 0 aliphatic carbocycles. The number of carbonyl (C=O) groups is 1. The van der Waals surface area contributed by atoms with Crippen LogP contribution in [-0.2, 0) is 4.79 Å². The number of nitrogens with zero attached hydrogens (tertiary/aromatic N) is 4. The lowest BCUT2D eigenvalue weighted by Crippen LogP contribution is -2.03. The Labute approximate surface area is 162 Å². The molecule has 0 heterocycles. The molecule has 0 atom stereocenters. The van der Waals surface area contributed by atoms with Gasteiger partial charge in [0.15, 0.2) is 0 Å². The minimum atomic E-state index is -0.498. The van der Waals surface area contributed by atoms with Gasteiger partial charge in [0.2, 0.25) is 0 Å². The van der Waals surface area contributed by atoms with Crippen molar-refractivity contribution in [3.05, 3.63) is 91.0 Å². The summed E-state index contributed by atoms with van der Waals surface area (Å²) in [7, 11) is 0. The molecule has 0 saturated carbocycles. The predicted molar refractivity (Wildman–Crippen MR) is 108 cm³/mol. The van der Waals surface area contributed by atoms with Crippen molar-refractivity contribution >= 4 is 28.7 Å². The van der Waals surface area contributed by atoms with Crippen LogP contribution in [0.1, 0.15) is 5.56 Å². The van der Waals surface area contributed by atoms with Gasteiger partial charge < -0.3 is 4.74 Å². The van der Waals surface area contributed by atoms with Crippen LogP contribution >= 0.6 is 0 Å². The number of rotatable bonds is 6. The lowest BCUT2D eigenvalue weighted by Gasteiger charge is -2.05. The molecule has 3 aromatic carbocycles. The fraction of sp³-hybridized carbons (Fsp3) is 0.0455. The first-order valence-electron chi connectivity index (χ1n) is 8.57. The van der Waals surface area contributed by atoms with Gasteiger partial charge in [-0.25, -0.2) is 4.79 Å². The van der Waals surface area contributed by atoms with Crippen molar-refractivity contribution in [2.75, 3.05) is 0 Å². The van der Waals surface area contributed by atoms with Crippen molar-refractivity contribution in [3.63, 3.8) is 0 Å². The molecule has 0 aromatic heterocycles. The van der Waals surface area contributed by atoms with E-state index in [-0.39, 0.29) is 0 Å². The Kier molecular flexibility index (Phi) is 6.15. The van der Waals surface area contributed by atoms with E-state index in [0.29, 0.717) is 17.1 Å². The standard InChI is InChI=1S/C22H18N4O2/c1-3-22(27)28-21-14-13-20(15-16(21)2)26-25-19-11-9-18(10-12-19)24-23-17-7-5-4-6-8-17/h3-15H,1H2,2H3. The summed E-state index contributed by atoms with van der Waals surface area (Å²) in [4.78, 5) is 11.3. The SMILES string of the molecule is C=CC(=O)Oc1ccc(N=Nc2ccc(N=Nc3ccccc3)cc2)cc1C. The van der Waals surface area contributed by atoms with Gasteiger partial charge in [-0.15, -0.1) is 0 Å². The first-order chi connectivity index (χ1) is 13.6. The highest BCUT2D eigenvalue weighted by molar-refractivity contribution is 5.83. The lowest BCUT2D eigenvalue weighted by molar-refractivity contribution is -0.129. The second-order valence-electron chi connectivity index (χ2n) is 5.83. The minimum Gasteiger partial charge on any atom is -0.423 e. The Morgan fingerprint density at radius 3 is 1.82 bits per heavy atom. The maximum Gasteiger partial charge on any atom is 0.335 e. The fourth-order valence-corrected chi connectivity index (χ4v) is 2.27. The van der Waals surface area contributed by atoms with E-state index in [2.05, 4.69) is 27.0 Å². The van der Waals surface area contributed by atoms with Crippen LogP contribution in [0.5, 0.6) is 5.75 Å². The Morgan fingerprint density at radius 1 is 0.786 bits per heavy atom. The second-order valence-corrected chi connectivity index (χ2v) is 5.83. The van der Waals surface area contributed by atoms with Crippen molar-refractivity contribution in [1.82, 2.24) is 0 Å². The number of carbonyl (C=O) groups excluding carboxylic acids is 1. The Hall–Kier alpha value is -3.93. The van der Waals surface area contributed by atoms with Gasteiger partial charge in [0, 0.05) is 6.08 Å². The van der Waals surface area contributed by atoms with Crippen molar-refractivity contribution in [3.8, 4) is 5.75 Å². The molecule has 6 heteroatoms. The lowest BCUT2D eigenvalue weighted by atomic mass is 10.2. The third-order valence-corrected chi connectivity index (χ3v) is 3.70. The normalized spacial score (nSPS) is 11.0. The topological polar surface area (TPSA) is 75.7 Å². The molecule has 138 valence electrons. The molecule has 28 heavy (non-hydrogen) atoms. The van der Waals surface area contributed by atoms with Crippen LogP contribution in [0, 0.1) is 6.92 Å². The van der Waals surface area contributed by atoms with Gasteiger partial charge in [-0.05, 0) is 67.1 Å². The highest BCUT2D eigenvalue weighted by atomic mass is 16.5. The first kappa shape index (κ1) is 18.8. The van der Waals surface area contributed by atoms with Crippen molar-refractivity contribution < 1.29 is 9.53 Å². The van der Waals surface area contributed by atoms with Gasteiger partial charge in [-0.3, -0.25) is 0 Å². The van der Waals surface area contributed by atoms with Crippen LogP contribution in [0.25, 0.3) is 0 Å². The third-order valence-electron chi connectivity index (χ3n) is 3.70. The molecule has 6 nitrogen and oxygen atoms in total. The molecular formula is C22H18N4O2. The average Bonchev–Trinajstić information content (AvgIpc) is 2.74. The van der Waals surface area contributed by atoms with Crippen LogP contribution in [0.3, 0.4) is 0 Å². The van der Waals surface area contributed by atoms with Crippen LogP contribution in [-0.4, -0.2) is 5.97 Å². The smallest absolute Gasteiger partial charge is 0.335 e. The molecule has 0 spiro atoms. The number of hydrogen-bond donors (Lipinski definition) is 0. The van der Waals surface area contributed by atoms with E-state index in [4.69, 9.17) is 4.74 Å². The van der Waals surface area contributed by atoms with E-state index in [1.807, 2.05) is 61.5 Å². The van der Waals surface area contributed by atoms with Gasteiger partial charge in [0.05, 0.1) is 22.7 Å². The zero-order valence-corrected chi connectivity index (χ0v) is 15.3. The molecule has 3 aromatic rings. The van der Waals surface area contributed by atoms with E-state index in [1.54, 1.807) is 18.2 Å². The van der Waals surface area contributed by atoms with E-state index in [0.717, 1.165) is 23.0 Å². The maximum atomic E-state index is 11.3. The third kappa shape index (κ3) is 5.28. The Balaban J connectivity index is 1.66. The predicted octanol–water partition coefficient (Wildman–Crippen LogP) is 6.92. The summed E-state index contributed by atoms with van der Waals surface area (Å²) in [5.74, 6) is -0.0287. The molecule has 0 N–H and O–H groups in total. The van der Waals surface area contributed by atoms with E-state index >= 15 is 0 Å². The Morgan fingerprint density at radius 2 is 1.29 bits per heavy atom. The summed E-state index contributed by atoms with van der Waals surface area (Å²) in [6, 6.07) is 22.0. The number of ether oxygens (including phenoxy) is 1. The molecule has 0 radical (unpaired) electrons. The van der Waals surface area contributed by atoms with E-state index in [1.165, 1.54) is 0 Å². The van der Waals surface area contributed by atoms with Crippen molar-refractivity contribution in [1.29, 1.82) is 0 Å². The van der Waals surface area contributed by atoms with Crippen LogP contribution in [0.4, 0.5) is 22.7 Å². The zero-order chi connectivity index (χ0) is 19.8. The maximum absolute atomic E-state index is 11.3. The molecule has 0 saturated heterocycles. The minimum absolute atomic E-state index is 0.469. The molecule has 0 aliphatic rings. The number of azo groups is 2. The molecule has 0 bridgehead atoms. The molecule has 3 rings (SSSR count). The van der Waals surface area contributed by atoms with Crippen LogP contribution in [0.2, 0.25) is 0 Å².